The molecule has 2 aromatic carbocycles. The molecule has 0 aliphatic carbocycles. The van der Waals surface area contributed by atoms with Crippen molar-refractivity contribution in [2.24, 2.45) is 0 Å². The van der Waals surface area contributed by atoms with Crippen LogP contribution >= 0.6 is 0 Å². The van der Waals surface area contributed by atoms with Gasteiger partial charge in [0.05, 0.1) is 26.7 Å². The lowest BCUT2D eigenvalue weighted by atomic mass is 10.1. The van der Waals surface area contributed by atoms with Crippen molar-refractivity contribution in [2.75, 3.05) is 12.4 Å². The molecule has 0 saturated carbocycles. The molecule has 0 bridgehead atoms. The minimum absolute atomic E-state index is 0.0287. The quantitative estimate of drug-likeness (QED) is 0.938. The van der Waals surface area contributed by atoms with Crippen molar-refractivity contribution in [3.63, 3.8) is 0 Å². The first kappa shape index (κ1) is 13.6. The lowest BCUT2D eigenvalue weighted by Crippen LogP contribution is -2.14. The number of amides is 1. The normalized spacial score (nSPS) is 12.8. The number of benzene rings is 2. The maximum atomic E-state index is 12.1. The topological polar surface area (TPSA) is 47.6 Å². The molecule has 1 amide bonds. The van der Waals surface area contributed by atoms with Gasteiger partial charge in [-0.1, -0.05) is 18.2 Å². The molecule has 0 aromatic heterocycles. The third-order valence-corrected chi connectivity index (χ3v) is 3.53. The van der Waals surface area contributed by atoms with Crippen LogP contribution < -0.4 is 10.1 Å². The van der Waals surface area contributed by atoms with Crippen LogP contribution in [-0.4, -0.2) is 13.0 Å². The van der Waals surface area contributed by atoms with Gasteiger partial charge in [0, 0.05) is 5.69 Å². The molecule has 21 heavy (non-hydrogen) atoms. The molecular weight excluding hydrogens is 266 g/mol. The maximum absolute atomic E-state index is 12.1. The van der Waals surface area contributed by atoms with Crippen molar-refractivity contribution in [3.05, 3.63) is 59.2 Å². The highest BCUT2D eigenvalue weighted by atomic mass is 16.5. The molecule has 0 spiro atoms. The second-order valence-corrected chi connectivity index (χ2v) is 5.05. The zero-order chi connectivity index (χ0) is 14.7. The first-order chi connectivity index (χ1) is 10.2. The standard InChI is InChI=1S/C17H17NO3/c1-20-16-6-2-12(3-7-16)8-17(19)18-15-5-4-13-10-21-11-14(13)9-15/h2-7,9H,8,10-11H2,1H3,(H,18,19). The van der Waals surface area contributed by atoms with E-state index in [1.54, 1.807) is 7.11 Å². The zero-order valence-corrected chi connectivity index (χ0v) is 11.9. The molecule has 4 nitrogen and oxygen atoms in total. The van der Waals surface area contributed by atoms with Crippen LogP contribution in [-0.2, 0) is 29.2 Å². The van der Waals surface area contributed by atoms with Crippen LogP contribution in [0.25, 0.3) is 0 Å². The Hall–Kier alpha value is -2.33. The molecule has 1 N–H and O–H groups in total. The number of hydrogen-bond acceptors (Lipinski definition) is 3. The molecule has 0 fully saturated rings. The predicted octanol–water partition coefficient (Wildman–Crippen LogP) is 2.91. The van der Waals surface area contributed by atoms with Crippen LogP contribution in [0.2, 0.25) is 0 Å². The Bertz CT molecular complexity index is 650. The number of carbonyl (C=O) groups is 1. The molecule has 1 aliphatic rings. The molecule has 0 saturated heterocycles. The number of anilines is 1. The van der Waals surface area contributed by atoms with Gasteiger partial charge in [-0.3, -0.25) is 4.79 Å². The van der Waals surface area contributed by atoms with E-state index in [1.807, 2.05) is 42.5 Å². The largest absolute Gasteiger partial charge is 0.497 e. The van der Waals surface area contributed by atoms with Crippen LogP contribution in [0.15, 0.2) is 42.5 Å². The molecular formula is C17H17NO3. The van der Waals surface area contributed by atoms with Gasteiger partial charge >= 0.3 is 0 Å². The summed E-state index contributed by atoms with van der Waals surface area (Å²) in [6.45, 7) is 1.28. The Morgan fingerprint density at radius 1 is 1.14 bits per heavy atom. The lowest BCUT2D eigenvalue weighted by molar-refractivity contribution is -0.115. The minimum atomic E-state index is -0.0287. The van der Waals surface area contributed by atoms with Gasteiger partial charge in [0.1, 0.15) is 5.75 Å². The van der Waals surface area contributed by atoms with Gasteiger partial charge in [-0.25, -0.2) is 0 Å². The highest BCUT2D eigenvalue weighted by molar-refractivity contribution is 5.92. The van der Waals surface area contributed by atoms with Crippen LogP contribution in [0.1, 0.15) is 16.7 Å². The summed E-state index contributed by atoms with van der Waals surface area (Å²) in [6, 6.07) is 13.4. The van der Waals surface area contributed by atoms with Gasteiger partial charge in [0.25, 0.3) is 0 Å². The number of rotatable bonds is 4. The first-order valence-corrected chi connectivity index (χ1v) is 6.87. The van der Waals surface area contributed by atoms with Crippen LogP contribution in [0.3, 0.4) is 0 Å². The van der Waals surface area contributed by atoms with E-state index in [4.69, 9.17) is 9.47 Å². The van der Waals surface area contributed by atoms with Crippen molar-refractivity contribution in [1.82, 2.24) is 0 Å². The smallest absolute Gasteiger partial charge is 0.228 e. The Morgan fingerprint density at radius 3 is 2.67 bits per heavy atom. The molecule has 1 heterocycles. The van der Waals surface area contributed by atoms with E-state index < -0.39 is 0 Å². The molecule has 4 heteroatoms. The molecule has 108 valence electrons. The molecule has 0 radical (unpaired) electrons. The molecule has 1 aliphatic heterocycles. The fraction of sp³-hybridized carbons (Fsp3) is 0.235. The number of methoxy groups -OCH3 is 1. The summed E-state index contributed by atoms with van der Waals surface area (Å²) in [7, 11) is 1.62. The van der Waals surface area contributed by atoms with Gasteiger partial charge < -0.3 is 14.8 Å². The summed E-state index contributed by atoms with van der Waals surface area (Å²) in [5.41, 5.74) is 4.12. The van der Waals surface area contributed by atoms with Gasteiger partial charge in [-0.15, -0.1) is 0 Å². The third-order valence-electron chi connectivity index (χ3n) is 3.53. The van der Waals surface area contributed by atoms with E-state index in [0.717, 1.165) is 22.6 Å². The highest BCUT2D eigenvalue weighted by Gasteiger charge is 2.12. The van der Waals surface area contributed by atoms with Gasteiger partial charge in [0.15, 0.2) is 0 Å². The number of carbonyl (C=O) groups excluding carboxylic acids is 1. The number of hydrogen-bond donors (Lipinski definition) is 1. The Morgan fingerprint density at radius 2 is 1.90 bits per heavy atom. The molecule has 0 unspecified atom stereocenters. The lowest BCUT2D eigenvalue weighted by Gasteiger charge is -2.07. The summed E-state index contributed by atoms with van der Waals surface area (Å²) < 4.78 is 10.5. The van der Waals surface area contributed by atoms with E-state index in [1.165, 1.54) is 5.56 Å². The van der Waals surface area contributed by atoms with Crippen molar-refractivity contribution >= 4 is 11.6 Å². The van der Waals surface area contributed by atoms with Crippen molar-refractivity contribution in [3.8, 4) is 5.75 Å². The van der Waals surface area contributed by atoms with E-state index in [2.05, 4.69) is 5.32 Å². The SMILES string of the molecule is COc1ccc(CC(=O)Nc2ccc3c(c2)COC3)cc1. The Balaban J connectivity index is 1.63. The molecule has 0 atom stereocenters. The highest BCUT2D eigenvalue weighted by Crippen LogP contribution is 2.23. The average Bonchev–Trinajstić information content (AvgIpc) is 2.95. The minimum Gasteiger partial charge on any atom is -0.497 e. The van der Waals surface area contributed by atoms with E-state index >= 15 is 0 Å². The second-order valence-electron chi connectivity index (χ2n) is 5.05. The summed E-state index contributed by atoms with van der Waals surface area (Å²) in [5.74, 6) is 0.761. The van der Waals surface area contributed by atoms with Crippen molar-refractivity contribution in [1.29, 1.82) is 0 Å². The zero-order valence-electron chi connectivity index (χ0n) is 11.9. The summed E-state index contributed by atoms with van der Waals surface area (Å²) >= 11 is 0. The Kier molecular flexibility index (Phi) is 3.88. The van der Waals surface area contributed by atoms with Crippen LogP contribution in [0.5, 0.6) is 5.75 Å². The first-order valence-electron chi connectivity index (χ1n) is 6.87. The third kappa shape index (κ3) is 3.23. The van der Waals surface area contributed by atoms with Gasteiger partial charge in [-0.05, 0) is 41.0 Å². The molecule has 2 aromatic rings. The summed E-state index contributed by atoms with van der Waals surface area (Å²) in [4.78, 5) is 12.1. The second kappa shape index (κ2) is 5.97. The number of fused-ring (bicyclic) bond motifs is 1. The predicted molar refractivity (Wildman–Crippen MR) is 80.3 cm³/mol. The van der Waals surface area contributed by atoms with Gasteiger partial charge in [0.2, 0.25) is 5.91 Å². The van der Waals surface area contributed by atoms with E-state index in [-0.39, 0.29) is 5.91 Å². The van der Waals surface area contributed by atoms with E-state index in [0.29, 0.717) is 19.6 Å². The average molecular weight is 283 g/mol. The summed E-state index contributed by atoms with van der Waals surface area (Å²) in [5, 5.41) is 2.92. The van der Waals surface area contributed by atoms with Crippen molar-refractivity contribution in [2.45, 2.75) is 19.6 Å². The fourth-order valence-electron chi connectivity index (χ4n) is 2.38. The number of nitrogens with one attached hydrogen (secondary N) is 1. The number of ether oxygens (including phenoxy) is 2. The van der Waals surface area contributed by atoms with Crippen LogP contribution in [0.4, 0.5) is 5.69 Å². The van der Waals surface area contributed by atoms with Crippen molar-refractivity contribution < 1.29 is 14.3 Å². The van der Waals surface area contributed by atoms with E-state index in [9.17, 15) is 4.79 Å². The maximum Gasteiger partial charge on any atom is 0.228 e. The van der Waals surface area contributed by atoms with Crippen LogP contribution in [0, 0.1) is 0 Å². The molecule has 3 rings (SSSR count). The monoisotopic (exact) mass is 283 g/mol. The Labute approximate surface area is 123 Å². The fourth-order valence-corrected chi connectivity index (χ4v) is 2.38. The summed E-state index contributed by atoms with van der Waals surface area (Å²) in [6.07, 6.45) is 0.345. The van der Waals surface area contributed by atoms with Gasteiger partial charge in [-0.2, -0.15) is 0 Å².